The number of carbonyl (C=O) groups is 2. The van der Waals surface area contributed by atoms with Crippen molar-refractivity contribution < 1.29 is 14.3 Å². The predicted octanol–water partition coefficient (Wildman–Crippen LogP) is 2.27. The first-order valence-corrected chi connectivity index (χ1v) is 9.27. The second-order valence-electron chi connectivity index (χ2n) is 7.05. The molecule has 144 valence electrons. The van der Waals surface area contributed by atoms with E-state index in [0.717, 1.165) is 23.4 Å². The summed E-state index contributed by atoms with van der Waals surface area (Å²) in [6.45, 7) is 7.13. The summed E-state index contributed by atoms with van der Waals surface area (Å²) in [4.78, 5) is 30.9. The summed E-state index contributed by atoms with van der Waals surface area (Å²) in [6.07, 6.45) is 3.99. The molecule has 2 heterocycles. The van der Waals surface area contributed by atoms with E-state index in [0.29, 0.717) is 25.3 Å². The van der Waals surface area contributed by atoms with Gasteiger partial charge in [-0.2, -0.15) is 5.10 Å². The van der Waals surface area contributed by atoms with E-state index in [-0.39, 0.29) is 23.7 Å². The van der Waals surface area contributed by atoms with Crippen molar-refractivity contribution >= 4 is 11.9 Å². The monoisotopic (exact) mass is 370 g/mol. The molecular weight excluding hydrogens is 344 g/mol. The number of aromatic nitrogens is 3. The van der Waals surface area contributed by atoms with E-state index in [2.05, 4.69) is 10.1 Å². The van der Waals surface area contributed by atoms with Crippen LogP contribution in [-0.2, 0) is 23.1 Å². The van der Waals surface area contributed by atoms with Crippen molar-refractivity contribution in [2.75, 3.05) is 13.2 Å². The fourth-order valence-corrected chi connectivity index (χ4v) is 3.40. The molecule has 1 fully saturated rings. The second kappa shape index (κ2) is 7.90. The lowest BCUT2D eigenvalue weighted by atomic mass is 10.1. The molecule has 1 saturated carbocycles. The van der Waals surface area contributed by atoms with Gasteiger partial charge in [0.1, 0.15) is 0 Å². The summed E-state index contributed by atoms with van der Waals surface area (Å²) < 4.78 is 6.95. The Bertz CT molecular complexity index is 831. The van der Waals surface area contributed by atoms with Crippen molar-refractivity contribution in [3.8, 4) is 0 Å². The molecule has 27 heavy (non-hydrogen) atoms. The minimum atomic E-state index is -0.162. The molecule has 0 saturated heterocycles. The average molecular weight is 370 g/mol. The number of hydrogen-bond acceptors (Lipinski definition) is 5. The zero-order chi connectivity index (χ0) is 19.6. The lowest BCUT2D eigenvalue weighted by Crippen LogP contribution is -2.33. The van der Waals surface area contributed by atoms with E-state index in [1.54, 1.807) is 29.4 Å². The maximum Gasteiger partial charge on any atom is 0.309 e. The number of aryl methyl sites for hydroxylation is 2. The minimum absolute atomic E-state index is 0.0831. The van der Waals surface area contributed by atoms with Gasteiger partial charge in [-0.05, 0) is 45.2 Å². The standard InChI is InChI=1S/C20H26N4O3/c1-5-27-20(26)17-9-16(17)11-24(19(25)15-7-6-8-21-10-15)12-18-13(2)22-23(4)14(18)3/h6-8,10,16-17H,5,9,11-12H2,1-4H3/t16-,17+/m0/s1. The van der Waals surface area contributed by atoms with Crippen LogP contribution in [0.15, 0.2) is 24.5 Å². The molecule has 7 heteroatoms. The third-order valence-corrected chi connectivity index (χ3v) is 5.17. The Labute approximate surface area is 159 Å². The van der Waals surface area contributed by atoms with Crippen molar-refractivity contribution in [2.24, 2.45) is 18.9 Å². The van der Waals surface area contributed by atoms with Gasteiger partial charge < -0.3 is 9.64 Å². The van der Waals surface area contributed by atoms with Gasteiger partial charge >= 0.3 is 5.97 Å². The number of amides is 1. The Kier molecular flexibility index (Phi) is 5.58. The summed E-state index contributed by atoms with van der Waals surface area (Å²) in [5.74, 6) is -0.211. The molecule has 1 aliphatic carbocycles. The Hall–Kier alpha value is -2.70. The highest BCUT2D eigenvalue weighted by Crippen LogP contribution is 2.40. The highest BCUT2D eigenvalue weighted by molar-refractivity contribution is 5.94. The molecule has 0 aliphatic heterocycles. The average Bonchev–Trinajstić information content (AvgIpc) is 3.39. The van der Waals surface area contributed by atoms with Crippen LogP contribution in [0.4, 0.5) is 0 Å². The van der Waals surface area contributed by atoms with Gasteiger partial charge in [-0.15, -0.1) is 0 Å². The Morgan fingerprint density at radius 1 is 1.37 bits per heavy atom. The number of hydrogen-bond donors (Lipinski definition) is 0. The highest BCUT2D eigenvalue weighted by Gasteiger charge is 2.45. The highest BCUT2D eigenvalue weighted by atomic mass is 16.5. The zero-order valence-corrected chi connectivity index (χ0v) is 16.3. The molecule has 2 atom stereocenters. The van der Waals surface area contributed by atoms with E-state index < -0.39 is 0 Å². The largest absolute Gasteiger partial charge is 0.466 e. The van der Waals surface area contributed by atoms with Gasteiger partial charge in [0.05, 0.1) is 23.8 Å². The van der Waals surface area contributed by atoms with Crippen molar-refractivity contribution in [2.45, 2.75) is 33.7 Å². The van der Waals surface area contributed by atoms with Gasteiger partial charge in [-0.3, -0.25) is 19.3 Å². The summed E-state index contributed by atoms with van der Waals surface area (Å²) in [5.41, 5.74) is 3.54. The van der Waals surface area contributed by atoms with Crippen LogP contribution in [0.3, 0.4) is 0 Å². The summed E-state index contributed by atoms with van der Waals surface area (Å²) in [6, 6.07) is 3.52. The fourth-order valence-electron chi connectivity index (χ4n) is 3.40. The van der Waals surface area contributed by atoms with Gasteiger partial charge in [-0.25, -0.2) is 0 Å². The number of rotatable bonds is 7. The first kappa shape index (κ1) is 19.1. The molecule has 2 aromatic rings. The third-order valence-electron chi connectivity index (χ3n) is 5.17. The topological polar surface area (TPSA) is 77.3 Å². The molecule has 0 unspecified atom stereocenters. The van der Waals surface area contributed by atoms with E-state index in [9.17, 15) is 9.59 Å². The zero-order valence-electron chi connectivity index (χ0n) is 16.3. The predicted molar refractivity (Wildman–Crippen MR) is 99.9 cm³/mol. The smallest absolute Gasteiger partial charge is 0.309 e. The molecule has 7 nitrogen and oxygen atoms in total. The van der Waals surface area contributed by atoms with Gasteiger partial charge in [0.15, 0.2) is 0 Å². The number of esters is 1. The number of ether oxygens (including phenoxy) is 1. The number of carbonyl (C=O) groups excluding carboxylic acids is 2. The number of pyridine rings is 1. The Balaban J connectivity index is 1.79. The summed E-state index contributed by atoms with van der Waals surface area (Å²) >= 11 is 0. The lowest BCUT2D eigenvalue weighted by Gasteiger charge is -2.23. The van der Waals surface area contributed by atoms with Crippen LogP contribution in [-0.4, -0.2) is 44.7 Å². The fraction of sp³-hybridized carbons (Fsp3) is 0.500. The molecule has 0 bridgehead atoms. The first-order chi connectivity index (χ1) is 12.9. The Morgan fingerprint density at radius 2 is 2.15 bits per heavy atom. The maximum absolute atomic E-state index is 13.1. The van der Waals surface area contributed by atoms with Gasteiger partial charge in [0.25, 0.3) is 5.91 Å². The van der Waals surface area contributed by atoms with Crippen LogP contribution >= 0.6 is 0 Å². The van der Waals surface area contributed by atoms with Crippen LogP contribution in [0.5, 0.6) is 0 Å². The van der Waals surface area contributed by atoms with Crippen molar-refractivity contribution in [1.29, 1.82) is 0 Å². The molecule has 3 rings (SSSR count). The van der Waals surface area contributed by atoms with Crippen LogP contribution in [0.2, 0.25) is 0 Å². The molecular formula is C20H26N4O3. The molecule has 2 aromatic heterocycles. The van der Waals surface area contributed by atoms with Crippen LogP contribution in [0.25, 0.3) is 0 Å². The van der Waals surface area contributed by atoms with E-state index in [1.165, 1.54) is 0 Å². The second-order valence-corrected chi connectivity index (χ2v) is 7.05. The molecule has 1 amide bonds. The minimum Gasteiger partial charge on any atom is -0.466 e. The maximum atomic E-state index is 13.1. The summed E-state index contributed by atoms with van der Waals surface area (Å²) in [7, 11) is 1.90. The normalized spacial score (nSPS) is 18.2. The van der Waals surface area contributed by atoms with Gasteiger partial charge in [-0.1, -0.05) is 0 Å². The van der Waals surface area contributed by atoms with E-state index in [4.69, 9.17) is 4.74 Å². The SMILES string of the molecule is CCOC(=O)[C@@H]1C[C@H]1CN(Cc1c(C)nn(C)c1C)C(=O)c1cccnc1. The molecule has 0 radical (unpaired) electrons. The van der Waals surface area contributed by atoms with Crippen molar-refractivity contribution in [1.82, 2.24) is 19.7 Å². The number of nitrogens with zero attached hydrogens (tertiary/aromatic N) is 4. The summed E-state index contributed by atoms with van der Waals surface area (Å²) in [5, 5.41) is 4.45. The van der Waals surface area contributed by atoms with Crippen molar-refractivity contribution in [3.05, 3.63) is 47.0 Å². The van der Waals surface area contributed by atoms with Gasteiger partial charge in [0, 0.05) is 43.8 Å². The van der Waals surface area contributed by atoms with E-state index >= 15 is 0 Å². The molecule has 0 aromatic carbocycles. The molecule has 0 spiro atoms. The third kappa shape index (κ3) is 4.18. The van der Waals surface area contributed by atoms with Crippen LogP contribution in [0, 0.1) is 25.7 Å². The molecule has 0 N–H and O–H groups in total. The molecule has 1 aliphatic rings. The van der Waals surface area contributed by atoms with E-state index in [1.807, 2.05) is 32.5 Å². The lowest BCUT2D eigenvalue weighted by molar-refractivity contribution is -0.145. The van der Waals surface area contributed by atoms with Crippen LogP contribution in [0.1, 0.15) is 40.7 Å². The van der Waals surface area contributed by atoms with Gasteiger partial charge in [0.2, 0.25) is 0 Å². The van der Waals surface area contributed by atoms with Crippen molar-refractivity contribution in [3.63, 3.8) is 0 Å². The van der Waals surface area contributed by atoms with Crippen LogP contribution < -0.4 is 0 Å². The first-order valence-electron chi connectivity index (χ1n) is 9.27. The quantitative estimate of drug-likeness (QED) is 0.699. The Morgan fingerprint density at radius 3 is 2.74 bits per heavy atom.